The first-order valence-electron chi connectivity index (χ1n) is 7.60. The van der Waals surface area contributed by atoms with Crippen LogP contribution in [0.3, 0.4) is 0 Å². The highest BCUT2D eigenvalue weighted by atomic mass is 14.3. The Kier molecular flexibility index (Phi) is 10.9. The molecule has 1 aliphatic carbocycles. The minimum atomic E-state index is 0.443. The highest BCUT2D eigenvalue weighted by Gasteiger charge is 2.24. The monoisotopic (exact) mass is 240 g/mol. The van der Waals surface area contributed by atoms with Gasteiger partial charge in [-0.2, -0.15) is 0 Å². The van der Waals surface area contributed by atoms with Crippen LogP contribution in [0.4, 0.5) is 0 Å². The van der Waals surface area contributed by atoms with Crippen LogP contribution in [0.25, 0.3) is 0 Å². The van der Waals surface area contributed by atoms with Crippen LogP contribution in [-0.2, 0) is 0 Å². The number of allylic oxidation sites excluding steroid dienone is 2. The van der Waals surface area contributed by atoms with Crippen LogP contribution in [0.5, 0.6) is 0 Å². The van der Waals surface area contributed by atoms with Crippen molar-refractivity contribution in [2.24, 2.45) is 11.3 Å². The summed E-state index contributed by atoms with van der Waals surface area (Å²) in [5.74, 6) is 0.919. The molecule has 0 aromatic rings. The molecule has 1 unspecified atom stereocenters. The maximum Gasteiger partial charge on any atom is -0.0145 e. The molecule has 0 radical (unpaired) electrons. The lowest BCUT2D eigenvalue weighted by atomic mass is 9.74. The molecule has 0 bridgehead atoms. The van der Waals surface area contributed by atoms with E-state index in [1.165, 1.54) is 25.7 Å². The maximum absolute atomic E-state index is 2.39. The van der Waals surface area contributed by atoms with Gasteiger partial charge in [-0.1, -0.05) is 59.6 Å². The SMILES string of the molecule is C/C1=C(\C)C(C)(C)CCC(C)CC1.CC.CC. The van der Waals surface area contributed by atoms with Gasteiger partial charge in [-0.15, -0.1) is 0 Å². The van der Waals surface area contributed by atoms with Crippen molar-refractivity contribution in [2.45, 2.75) is 88.0 Å². The Balaban J connectivity index is 0. The molecular formula is C17H36. The average molecular weight is 240 g/mol. The van der Waals surface area contributed by atoms with E-state index in [9.17, 15) is 0 Å². The van der Waals surface area contributed by atoms with Crippen LogP contribution in [0.1, 0.15) is 88.0 Å². The quantitative estimate of drug-likeness (QED) is 0.418. The third-order valence-corrected chi connectivity index (χ3v) is 3.93. The van der Waals surface area contributed by atoms with Gasteiger partial charge in [0.2, 0.25) is 0 Å². The minimum absolute atomic E-state index is 0.443. The zero-order chi connectivity index (χ0) is 14.1. The van der Waals surface area contributed by atoms with Crippen molar-refractivity contribution >= 4 is 0 Å². The summed E-state index contributed by atoms with van der Waals surface area (Å²) in [5.41, 5.74) is 3.72. The van der Waals surface area contributed by atoms with E-state index in [0.717, 1.165) is 5.92 Å². The van der Waals surface area contributed by atoms with Gasteiger partial charge in [-0.05, 0) is 50.9 Å². The molecule has 1 rings (SSSR count). The van der Waals surface area contributed by atoms with Gasteiger partial charge in [0.25, 0.3) is 0 Å². The summed E-state index contributed by atoms with van der Waals surface area (Å²) in [6.07, 6.45) is 5.46. The number of hydrogen-bond acceptors (Lipinski definition) is 0. The second-order valence-electron chi connectivity index (χ2n) is 5.47. The van der Waals surface area contributed by atoms with E-state index in [-0.39, 0.29) is 0 Å². The van der Waals surface area contributed by atoms with Gasteiger partial charge in [-0.3, -0.25) is 0 Å². The summed E-state index contributed by atoms with van der Waals surface area (Å²) in [6, 6.07) is 0. The molecule has 0 N–H and O–H groups in total. The van der Waals surface area contributed by atoms with Gasteiger partial charge >= 0.3 is 0 Å². The van der Waals surface area contributed by atoms with Crippen LogP contribution < -0.4 is 0 Å². The van der Waals surface area contributed by atoms with E-state index < -0.39 is 0 Å². The van der Waals surface area contributed by atoms with Crippen molar-refractivity contribution in [1.82, 2.24) is 0 Å². The van der Waals surface area contributed by atoms with Crippen molar-refractivity contribution in [3.63, 3.8) is 0 Å². The molecule has 104 valence electrons. The Morgan fingerprint density at radius 1 is 0.941 bits per heavy atom. The summed E-state index contributed by atoms with van der Waals surface area (Å²) < 4.78 is 0. The molecule has 1 atom stereocenters. The standard InChI is InChI=1S/C13H24.2C2H6/c1-10-6-7-11(2)12(3)13(4,5)9-8-10;2*1-2/h10H,6-9H2,1-5H3;2*1-2H3/b12-11-;;. The molecule has 0 fully saturated rings. The van der Waals surface area contributed by atoms with Crippen molar-refractivity contribution < 1.29 is 0 Å². The zero-order valence-corrected chi connectivity index (χ0v) is 13.9. The molecule has 0 heterocycles. The first-order chi connectivity index (χ1) is 7.93. The third kappa shape index (κ3) is 6.91. The van der Waals surface area contributed by atoms with E-state index in [0.29, 0.717) is 5.41 Å². The molecule has 0 saturated carbocycles. The van der Waals surface area contributed by atoms with E-state index >= 15 is 0 Å². The van der Waals surface area contributed by atoms with Gasteiger partial charge in [0.15, 0.2) is 0 Å². The molecular weight excluding hydrogens is 204 g/mol. The molecule has 0 aromatic carbocycles. The summed E-state index contributed by atoms with van der Waals surface area (Å²) in [7, 11) is 0. The summed E-state index contributed by atoms with van der Waals surface area (Å²) in [4.78, 5) is 0. The fourth-order valence-corrected chi connectivity index (χ4v) is 2.17. The van der Waals surface area contributed by atoms with Crippen molar-refractivity contribution in [1.29, 1.82) is 0 Å². The molecule has 0 nitrogen and oxygen atoms in total. The first-order valence-corrected chi connectivity index (χ1v) is 7.60. The second kappa shape index (κ2) is 9.74. The highest BCUT2D eigenvalue weighted by Crippen LogP contribution is 2.38. The molecule has 0 aliphatic heterocycles. The lowest BCUT2D eigenvalue weighted by Crippen LogP contribution is -2.18. The molecule has 0 spiro atoms. The van der Waals surface area contributed by atoms with Gasteiger partial charge in [0.05, 0.1) is 0 Å². The van der Waals surface area contributed by atoms with Crippen LogP contribution >= 0.6 is 0 Å². The zero-order valence-electron chi connectivity index (χ0n) is 13.9. The van der Waals surface area contributed by atoms with E-state index in [1.807, 2.05) is 27.7 Å². The summed E-state index contributed by atoms with van der Waals surface area (Å²) in [5, 5.41) is 0. The lowest BCUT2D eigenvalue weighted by molar-refractivity contribution is 0.327. The predicted octanol–water partition coefficient (Wildman–Crippen LogP) is 6.61. The van der Waals surface area contributed by atoms with Gasteiger partial charge < -0.3 is 0 Å². The van der Waals surface area contributed by atoms with E-state index in [2.05, 4.69) is 34.6 Å². The molecule has 0 amide bonds. The molecule has 0 aromatic heterocycles. The average Bonchev–Trinajstić information content (AvgIpc) is 2.36. The number of hydrogen-bond donors (Lipinski definition) is 0. The predicted molar refractivity (Wildman–Crippen MR) is 82.5 cm³/mol. The van der Waals surface area contributed by atoms with E-state index in [1.54, 1.807) is 11.1 Å². The van der Waals surface area contributed by atoms with E-state index in [4.69, 9.17) is 0 Å². The number of rotatable bonds is 0. The van der Waals surface area contributed by atoms with Crippen LogP contribution in [-0.4, -0.2) is 0 Å². The molecule has 1 aliphatic rings. The Labute approximate surface area is 111 Å². The summed E-state index contributed by atoms with van der Waals surface area (Å²) >= 11 is 0. The Hall–Kier alpha value is -0.260. The highest BCUT2D eigenvalue weighted by molar-refractivity contribution is 5.17. The van der Waals surface area contributed by atoms with Crippen LogP contribution in [0, 0.1) is 11.3 Å². The van der Waals surface area contributed by atoms with Crippen molar-refractivity contribution in [3.05, 3.63) is 11.1 Å². The Morgan fingerprint density at radius 2 is 1.41 bits per heavy atom. The summed E-state index contributed by atoms with van der Waals surface area (Å²) in [6.45, 7) is 19.8. The largest absolute Gasteiger partial charge is 0.0738 e. The maximum atomic E-state index is 2.39. The smallest absolute Gasteiger partial charge is 0.0145 e. The van der Waals surface area contributed by atoms with Gasteiger partial charge in [0.1, 0.15) is 0 Å². The topological polar surface area (TPSA) is 0 Å². The van der Waals surface area contributed by atoms with Crippen molar-refractivity contribution in [2.75, 3.05) is 0 Å². The van der Waals surface area contributed by atoms with Gasteiger partial charge in [-0.25, -0.2) is 0 Å². The fraction of sp³-hybridized carbons (Fsp3) is 0.882. The normalized spacial score (nSPS) is 27.7. The lowest BCUT2D eigenvalue weighted by Gasteiger charge is -2.32. The van der Waals surface area contributed by atoms with Crippen molar-refractivity contribution in [3.8, 4) is 0 Å². The van der Waals surface area contributed by atoms with Gasteiger partial charge in [0, 0.05) is 0 Å². The second-order valence-corrected chi connectivity index (χ2v) is 5.47. The minimum Gasteiger partial charge on any atom is -0.0738 e. The molecule has 0 saturated heterocycles. The molecule has 17 heavy (non-hydrogen) atoms. The fourth-order valence-electron chi connectivity index (χ4n) is 2.17. The third-order valence-electron chi connectivity index (χ3n) is 3.93. The first kappa shape index (κ1) is 19.1. The Morgan fingerprint density at radius 3 is 1.88 bits per heavy atom. The Bertz CT molecular complexity index is 208. The van der Waals surface area contributed by atoms with Crippen LogP contribution in [0.2, 0.25) is 0 Å². The van der Waals surface area contributed by atoms with Crippen LogP contribution in [0.15, 0.2) is 11.1 Å². The molecule has 0 heteroatoms.